The summed E-state index contributed by atoms with van der Waals surface area (Å²) >= 11 is 0. The number of hydrogen-bond acceptors (Lipinski definition) is 5. The summed E-state index contributed by atoms with van der Waals surface area (Å²) in [5.74, 6) is 0.0550. The van der Waals surface area contributed by atoms with E-state index in [0.717, 1.165) is 32.1 Å². The number of imide groups is 1. The number of rotatable bonds is 7. The van der Waals surface area contributed by atoms with Gasteiger partial charge in [0, 0.05) is 28.7 Å². The van der Waals surface area contributed by atoms with Gasteiger partial charge in [0.15, 0.2) is 0 Å². The number of carbonyl (C=O) groups is 3. The quantitative estimate of drug-likeness (QED) is 0.222. The lowest BCUT2D eigenvalue weighted by atomic mass is 9.68. The zero-order valence-corrected chi connectivity index (χ0v) is 29.9. The predicted molar refractivity (Wildman–Crippen MR) is 185 cm³/mol. The number of allylic oxidation sites excluding steroid dienone is 1. The highest BCUT2D eigenvalue weighted by Gasteiger charge is 2.69. The third-order valence-electron chi connectivity index (χ3n) is 13.4. The molecular weight excluding hydrogens is 603 g/mol. The van der Waals surface area contributed by atoms with Gasteiger partial charge in [0.2, 0.25) is 5.91 Å². The van der Waals surface area contributed by atoms with Crippen molar-refractivity contribution in [2.24, 2.45) is 40.4 Å². The Kier molecular flexibility index (Phi) is 8.09. The maximum absolute atomic E-state index is 14.9. The lowest BCUT2D eigenvalue weighted by Gasteiger charge is -2.46. The van der Waals surface area contributed by atoms with Gasteiger partial charge in [-0.3, -0.25) is 4.79 Å². The molecule has 3 saturated carbocycles. The van der Waals surface area contributed by atoms with Gasteiger partial charge in [-0.1, -0.05) is 114 Å². The first-order chi connectivity index (χ1) is 22.3. The fraction of sp³-hybridized carbons (Fsp3) is 0.575. The van der Waals surface area contributed by atoms with Crippen LogP contribution in [0, 0.1) is 40.4 Å². The van der Waals surface area contributed by atoms with Gasteiger partial charge >= 0.3 is 12.1 Å². The lowest BCUT2D eigenvalue weighted by Crippen LogP contribution is -2.51. The molecule has 8 atom stereocenters. The molecule has 0 aromatic heterocycles. The molecule has 7 heteroatoms. The summed E-state index contributed by atoms with van der Waals surface area (Å²) < 4.78 is 12.2. The monoisotopic (exact) mass is 653 g/mol. The SMILES string of the molecule is CC1(C)[C@@H]2CC[C@@]1(C)[C@H](OC(=O)C1=C[C@H]3CCC[C@@H]3[C@@H](C(=O)N3CCOC3=O)[C@H]1[Si](C)(C)C)[C@H]2C(c1ccccc1)c1ccccc1. The summed E-state index contributed by atoms with van der Waals surface area (Å²) in [7, 11) is -2.17. The van der Waals surface area contributed by atoms with Crippen LogP contribution in [0.3, 0.4) is 0 Å². The normalized spacial score (nSPS) is 34.3. The molecule has 2 amide bonds. The summed E-state index contributed by atoms with van der Waals surface area (Å²) in [6.45, 7) is 14.4. The first-order valence-corrected chi connectivity index (χ1v) is 21.4. The second-order valence-electron chi connectivity index (χ2n) is 16.8. The Morgan fingerprint density at radius 1 is 0.936 bits per heavy atom. The number of esters is 1. The summed E-state index contributed by atoms with van der Waals surface area (Å²) in [6.07, 6.45) is 6.44. The molecule has 0 unspecified atom stereocenters. The highest BCUT2D eigenvalue weighted by Crippen LogP contribution is 2.71. The van der Waals surface area contributed by atoms with Crippen LogP contribution in [0.25, 0.3) is 0 Å². The van der Waals surface area contributed by atoms with Crippen LogP contribution in [0.2, 0.25) is 25.2 Å². The zero-order chi connectivity index (χ0) is 33.3. The van der Waals surface area contributed by atoms with Crippen molar-refractivity contribution in [1.29, 1.82) is 0 Å². The molecule has 6 nitrogen and oxygen atoms in total. The number of carbonyl (C=O) groups excluding carboxylic acids is 3. The molecule has 2 bridgehead atoms. The van der Waals surface area contributed by atoms with Crippen LogP contribution in [-0.4, -0.2) is 50.2 Å². The van der Waals surface area contributed by atoms with E-state index in [1.165, 1.54) is 16.0 Å². The predicted octanol–water partition coefficient (Wildman–Crippen LogP) is 8.46. The van der Waals surface area contributed by atoms with Crippen LogP contribution in [0.15, 0.2) is 72.3 Å². The van der Waals surface area contributed by atoms with Crippen LogP contribution in [0.1, 0.15) is 69.9 Å². The molecule has 4 aliphatic carbocycles. The molecule has 0 N–H and O–H groups in total. The average Bonchev–Trinajstić information content (AvgIpc) is 3.78. The van der Waals surface area contributed by atoms with E-state index in [2.05, 4.69) is 107 Å². The van der Waals surface area contributed by atoms with Gasteiger partial charge in [0.25, 0.3) is 0 Å². The Labute approximate surface area is 281 Å². The summed E-state index contributed by atoms with van der Waals surface area (Å²) in [5, 5.41) is 0. The van der Waals surface area contributed by atoms with Gasteiger partial charge in [0.05, 0.1) is 14.6 Å². The number of hydrogen-bond donors (Lipinski definition) is 0. The van der Waals surface area contributed by atoms with Gasteiger partial charge in [-0.05, 0) is 65.5 Å². The average molecular weight is 654 g/mol. The number of amides is 2. The van der Waals surface area contributed by atoms with Crippen molar-refractivity contribution in [3.05, 3.63) is 83.4 Å². The topological polar surface area (TPSA) is 72.9 Å². The van der Waals surface area contributed by atoms with E-state index >= 15 is 0 Å². The molecule has 7 rings (SSSR count). The van der Waals surface area contributed by atoms with Gasteiger partial charge in [-0.15, -0.1) is 0 Å². The van der Waals surface area contributed by atoms with E-state index in [9.17, 15) is 14.4 Å². The number of benzene rings is 2. The molecule has 4 fully saturated rings. The second-order valence-corrected chi connectivity index (χ2v) is 22.2. The molecule has 5 aliphatic rings. The minimum Gasteiger partial charge on any atom is -0.458 e. The van der Waals surface area contributed by atoms with Crippen LogP contribution >= 0.6 is 0 Å². The van der Waals surface area contributed by atoms with E-state index in [0.29, 0.717) is 11.5 Å². The maximum Gasteiger partial charge on any atom is 0.416 e. The van der Waals surface area contributed by atoms with E-state index in [1.54, 1.807) is 0 Å². The molecule has 2 aromatic carbocycles. The molecular formula is C40H51NO5Si. The highest BCUT2D eigenvalue weighted by molar-refractivity contribution is 6.79. The summed E-state index contributed by atoms with van der Waals surface area (Å²) in [6, 6.07) is 21.5. The first-order valence-electron chi connectivity index (χ1n) is 17.9. The van der Waals surface area contributed by atoms with Crippen molar-refractivity contribution < 1.29 is 23.9 Å². The van der Waals surface area contributed by atoms with E-state index in [-0.39, 0.29) is 71.2 Å². The first kappa shape index (κ1) is 32.4. The fourth-order valence-corrected chi connectivity index (χ4v) is 13.5. The minimum atomic E-state index is -2.17. The Hall–Kier alpha value is -3.19. The van der Waals surface area contributed by atoms with Gasteiger partial charge in [-0.2, -0.15) is 0 Å². The largest absolute Gasteiger partial charge is 0.458 e. The maximum atomic E-state index is 14.9. The Morgan fingerprint density at radius 3 is 2.15 bits per heavy atom. The van der Waals surface area contributed by atoms with E-state index in [4.69, 9.17) is 9.47 Å². The second kappa shape index (κ2) is 11.7. The zero-order valence-electron chi connectivity index (χ0n) is 28.9. The smallest absolute Gasteiger partial charge is 0.416 e. The van der Waals surface area contributed by atoms with Crippen molar-refractivity contribution in [2.75, 3.05) is 13.2 Å². The molecule has 1 saturated heterocycles. The van der Waals surface area contributed by atoms with Crippen LogP contribution < -0.4 is 0 Å². The number of fused-ring (bicyclic) bond motifs is 3. The van der Waals surface area contributed by atoms with Crippen molar-refractivity contribution >= 4 is 26.0 Å². The highest BCUT2D eigenvalue weighted by atomic mass is 28.3. The van der Waals surface area contributed by atoms with Crippen molar-refractivity contribution in [3.8, 4) is 0 Å². The van der Waals surface area contributed by atoms with Gasteiger partial charge in [-0.25, -0.2) is 14.5 Å². The Morgan fingerprint density at radius 2 is 1.57 bits per heavy atom. The van der Waals surface area contributed by atoms with Crippen LogP contribution in [-0.2, 0) is 19.1 Å². The third kappa shape index (κ3) is 5.14. The van der Waals surface area contributed by atoms with Crippen molar-refractivity contribution in [1.82, 2.24) is 4.90 Å². The van der Waals surface area contributed by atoms with E-state index < -0.39 is 20.1 Å². The molecule has 47 heavy (non-hydrogen) atoms. The molecule has 0 radical (unpaired) electrons. The molecule has 2 aromatic rings. The molecule has 250 valence electrons. The lowest BCUT2D eigenvalue weighted by molar-refractivity contribution is -0.156. The van der Waals surface area contributed by atoms with Crippen molar-refractivity contribution in [2.45, 2.75) is 90.1 Å². The Balaban J connectivity index is 1.30. The molecule has 0 spiro atoms. The van der Waals surface area contributed by atoms with Gasteiger partial charge < -0.3 is 9.47 Å². The van der Waals surface area contributed by atoms with E-state index in [1.807, 2.05) is 0 Å². The number of ether oxygens (including phenoxy) is 2. The minimum absolute atomic E-state index is 0.0191. The number of nitrogens with zero attached hydrogens (tertiary/aromatic N) is 1. The molecule has 1 aliphatic heterocycles. The summed E-state index contributed by atoms with van der Waals surface area (Å²) in [5.41, 5.74) is 2.77. The Bertz CT molecular complexity index is 1520. The molecule has 1 heterocycles. The fourth-order valence-electron chi connectivity index (χ4n) is 10.9. The van der Waals surface area contributed by atoms with Crippen LogP contribution in [0.5, 0.6) is 0 Å². The summed E-state index contributed by atoms with van der Waals surface area (Å²) in [4.78, 5) is 43.2. The van der Waals surface area contributed by atoms with Gasteiger partial charge in [0.1, 0.15) is 12.7 Å². The standard InChI is InChI=1S/C40H51NO5Si/c1-39(2)30-20-21-40(39,3)35(33(30)31(25-14-9-7-10-15-25)26-16-11-8-12-17-26)46-37(43)29-24-27-18-13-19-28(27)32(34(29)47(4,5)6)36(42)41-22-23-45-38(41)44/h7-12,14-17,24,27-28,30-35H,13,18-23H2,1-6H3/t27-,28+,30-,32-,33-,34+,35-,40+/m1/s1. The van der Waals surface area contributed by atoms with Crippen LogP contribution in [0.4, 0.5) is 4.79 Å². The third-order valence-corrected chi connectivity index (χ3v) is 15.9. The van der Waals surface area contributed by atoms with Crippen molar-refractivity contribution in [3.63, 3.8) is 0 Å². The number of cyclic esters (lactones) is 1.